The molecule has 1 aliphatic heterocycles. The third-order valence-corrected chi connectivity index (χ3v) is 3.48. The molecule has 1 aliphatic rings. The summed E-state index contributed by atoms with van der Waals surface area (Å²) in [6.45, 7) is 0.429. The molecule has 0 aliphatic carbocycles. The Labute approximate surface area is 116 Å². The summed E-state index contributed by atoms with van der Waals surface area (Å²) in [6, 6.07) is 10.8. The molecule has 1 aromatic carbocycles. The molecule has 1 radical (unpaired) electrons. The van der Waals surface area contributed by atoms with Crippen molar-refractivity contribution in [2.24, 2.45) is 5.73 Å². The average Bonchev–Trinajstić information content (AvgIpc) is 2.99. The van der Waals surface area contributed by atoms with Crippen LogP contribution in [-0.2, 0) is 11.2 Å². The molecule has 20 heavy (non-hydrogen) atoms. The summed E-state index contributed by atoms with van der Waals surface area (Å²) in [7, 11) is 0. The van der Waals surface area contributed by atoms with Crippen LogP contribution in [0.2, 0.25) is 0 Å². The largest absolute Gasteiger partial charge is 0.459 e. The first kappa shape index (κ1) is 12.5. The molecule has 1 aromatic heterocycles. The Morgan fingerprint density at radius 1 is 1.40 bits per heavy atom. The summed E-state index contributed by atoms with van der Waals surface area (Å²) >= 11 is 0. The Kier molecular flexibility index (Phi) is 3.02. The highest BCUT2D eigenvalue weighted by atomic mass is 16.3. The Hall–Kier alpha value is -2.56. The Balaban J connectivity index is 2.01. The molecular formula is C15H13N2O3. The van der Waals surface area contributed by atoms with Crippen molar-refractivity contribution >= 4 is 11.8 Å². The maximum Gasteiger partial charge on any atom is 0.290 e. The van der Waals surface area contributed by atoms with E-state index in [9.17, 15) is 9.59 Å². The number of hydrogen-bond donors (Lipinski definition) is 1. The van der Waals surface area contributed by atoms with Gasteiger partial charge in [0.25, 0.3) is 5.91 Å². The number of furan rings is 1. The monoisotopic (exact) mass is 269 g/mol. The lowest BCUT2D eigenvalue weighted by atomic mass is 9.92. The molecule has 2 aromatic rings. The van der Waals surface area contributed by atoms with Gasteiger partial charge in [0, 0.05) is 6.54 Å². The number of hydrogen-bond acceptors (Lipinski definition) is 3. The molecule has 101 valence electrons. The minimum atomic E-state index is -0.758. The first-order chi connectivity index (χ1) is 9.68. The van der Waals surface area contributed by atoms with Crippen LogP contribution in [0, 0.1) is 6.07 Å². The predicted molar refractivity (Wildman–Crippen MR) is 70.7 cm³/mol. The second-order valence-corrected chi connectivity index (χ2v) is 4.66. The number of carbonyl (C=O) groups excluding carboxylic acids is 2. The number of carbonyl (C=O) groups is 2. The second-order valence-electron chi connectivity index (χ2n) is 4.66. The number of benzene rings is 1. The topological polar surface area (TPSA) is 76.5 Å². The molecule has 0 spiro atoms. The molecule has 0 fully saturated rings. The Morgan fingerprint density at radius 2 is 2.25 bits per heavy atom. The van der Waals surface area contributed by atoms with Gasteiger partial charge in [0.15, 0.2) is 5.76 Å². The zero-order valence-corrected chi connectivity index (χ0v) is 10.7. The van der Waals surface area contributed by atoms with Crippen molar-refractivity contribution in [1.29, 1.82) is 0 Å². The molecular weight excluding hydrogens is 256 g/mol. The molecule has 3 rings (SSSR count). The van der Waals surface area contributed by atoms with E-state index in [0.29, 0.717) is 13.0 Å². The number of rotatable bonds is 2. The van der Waals surface area contributed by atoms with E-state index in [0.717, 1.165) is 11.1 Å². The summed E-state index contributed by atoms with van der Waals surface area (Å²) < 4.78 is 5.12. The van der Waals surface area contributed by atoms with E-state index in [1.165, 1.54) is 11.2 Å². The van der Waals surface area contributed by atoms with Crippen LogP contribution in [0.25, 0.3) is 0 Å². The van der Waals surface area contributed by atoms with Gasteiger partial charge in [0.1, 0.15) is 6.04 Å². The molecule has 2 heterocycles. The molecule has 2 amide bonds. The number of fused-ring (bicyclic) bond motifs is 1. The lowest BCUT2D eigenvalue weighted by molar-refractivity contribution is -0.123. The van der Waals surface area contributed by atoms with Gasteiger partial charge in [-0.15, -0.1) is 0 Å². The number of nitrogens with two attached hydrogens (primary N) is 1. The van der Waals surface area contributed by atoms with E-state index in [1.807, 2.05) is 6.07 Å². The fourth-order valence-electron chi connectivity index (χ4n) is 2.57. The van der Waals surface area contributed by atoms with E-state index >= 15 is 0 Å². The van der Waals surface area contributed by atoms with Gasteiger partial charge in [0.05, 0.1) is 6.26 Å². The minimum absolute atomic E-state index is 0.210. The smallest absolute Gasteiger partial charge is 0.290 e. The van der Waals surface area contributed by atoms with Gasteiger partial charge in [0.2, 0.25) is 5.91 Å². The van der Waals surface area contributed by atoms with Crippen molar-refractivity contribution in [1.82, 2.24) is 4.90 Å². The normalized spacial score (nSPS) is 17.6. The highest BCUT2D eigenvalue weighted by Gasteiger charge is 2.35. The number of nitrogens with zero attached hydrogens (tertiary/aromatic N) is 1. The van der Waals surface area contributed by atoms with Crippen LogP contribution >= 0.6 is 0 Å². The van der Waals surface area contributed by atoms with Gasteiger partial charge in [-0.2, -0.15) is 0 Å². The van der Waals surface area contributed by atoms with Gasteiger partial charge < -0.3 is 15.1 Å². The SMILES string of the molecule is NC(=O)C1c2cc[c]cc2CCN1C(=O)c1ccco1. The minimum Gasteiger partial charge on any atom is -0.459 e. The molecule has 1 unspecified atom stereocenters. The molecule has 5 heteroatoms. The van der Waals surface area contributed by atoms with E-state index < -0.39 is 11.9 Å². The fraction of sp³-hybridized carbons (Fsp3) is 0.200. The Morgan fingerprint density at radius 3 is 2.95 bits per heavy atom. The summed E-state index contributed by atoms with van der Waals surface area (Å²) in [5.41, 5.74) is 7.26. The van der Waals surface area contributed by atoms with Crippen molar-refractivity contribution < 1.29 is 14.0 Å². The van der Waals surface area contributed by atoms with Gasteiger partial charge in [-0.05, 0) is 35.7 Å². The van der Waals surface area contributed by atoms with Crippen molar-refractivity contribution in [3.05, 3.63) is 59.5 Å². The van der Waals surface area contributed by atoms with E-state index in [2.05, 4.69) is 6.07 Å². The van der Waals surface area contributed by atoms with Gasteiger partial charge in [-0.1, -0.05) is 18.2 Å². The van der Waals surface area contributed by atoms with Crippen molar-refractivity contribution in [3.63, 3.8) is 0 Å². The van der Waals surface area contributed by atoms with Crippen LogP contribution in [0.5, 0.6) is 0 Å². The third kappa shape index (κ3) is 1.97. The molecule has 1 atom stereocenters. The van der Waals surface area contributed by atoms with Crippen LogP contribution in [0.3, 0.4) is 0 Å². The molecule has 5 nitrogen and oxygen atoms in total. The zero-order valence-electron chi connectivity index (χ0n) is 10.7. The third-order valence-electron chi connectivity index (χ3n) is 3.48. The maximum atomic E-state index is 12.4. The van der Waals surface area contributed by atoms with Crippen LogP contribution < -0.4 is 5.73 Å². The quantitative estimate of drug-likeness (QED) is 0.892. The maximum absolute atomic E-state index is 12.4. The molecule has 2 N–H and O–H groups in total. The Bertz CT molecular complexity index is 649. The summed E-state index contributed by atoms with van der Waals surface area (Å²) in [6.07, 6.45) is 2.10. The standard InChI is InChI=1S/C15H13N2O3/c16-14(18)13-11-5-2-1-4-10(11)7-8-17(13)15(19)12-6-3-9-20-12/h2-6,9,13H,7-8H2,(H2,16,18). The predicted octanol–water partition coefficient (Wildman–Crippen LogP) is 1.30. The van der Waals surface area contributed by atoms with Crippen LogP contribution in [-0.4, -0.2) is 23.3 Å². The van der Waals surface area contributed by atoms with Crippen LogP contribution in [0.4, 0.5) is 0 Å². The summed E-state index contributed by atoms with van der Waals surface area (Å²) in [4.78, 5) is 25.7. The van der Waals surface area contributed by atoms with Crippen molar-refractivity contribution in [2.75, 3.05) is 6.54 Å². The van der Waals surface area contributed by atoms with Gasteiger partial charge >= 0.3 is 0 Å². The number of primary amides is 1. The highest BCUT2D eigenvalue weighted by molar-refractivity contribution is 5.96. The first-order valence-electron chi connectivity index (χ1n) is 6.31. The summed E-state index contributed by atoms with van der Waals surface area (Å²) in [5, 5.41) is 0. The van der Waals surface area contributed by atoms with Crippen LogP contribution in [0.15, 0.2) is 41.0 Å². The van der Waals surface area contributed by atoms with Gasteiger partial charge in [-0.3, -0.25) is 9.59 Å². The summed E-state index contributed by atoms with van der Waals surface area (Å²) in [5.74, 6) is -0.656. The second kappa shape index (κ2) is 4.85. The zero-order chi connectivity index (χ0) is 14.1. The highest BCUT2D eigenvalue weighted by Crippen LogP contribution is 2.30. The lowest BCUT2D eigenvalue weighted by Crippen LogP contribution is -2.45. The van der Waals surface area contributed by atoms with Crippen LogP contribution in [0.1, 0.15) is 27.7 Å². The molecule has 0 bridgehead atoms. The van der Waals surface area contributed by atoms with Crippen molar-refractivity contribution in [3.8, 4) is 0 Å². The number of amides is 2. The van der Waals surface area contributed by atoms with Gasteiger partial charge in [-0.25, -0.2) is 0 Å². The molecule has 0 saturated heterocycles. The van der Waals surface area contributed by atoms with E-state index in [1.54, 1.807) is 24.3 Å². The van der Waals surface area contributed by atoms with E-state index in [-0.39, 0.29) is 11.7 Å². The first-order valence-corrected chi connectivity index (χ1v) is 6.31. The van der Waals surface area contributed by atoms with Crippen molar-refractivity contribution in [2.45, 2.75) is 12.5 Å². The lowest BCUT2D eigenvalue weighted by Gasteiger charge is -2.34. The fourth-order valence-corrected chi connectivity index (χ4v) is 2.57. The molecule has 0 saturated carbocycles. The average molecular weight is 269 g/mol. The van der Waals surface area contributed by atoms with E-state index in [4.69, 9.17) is 10.2 Å².